The van der Waals surface area contributed by atoms with E-state index in [0.29, 0.717) is 24.2 Å². The number of aryl methyl sites for hydroxylation is 1. The Balaban J connectivity index is 1.84. The molecule has 1 aliphatic rings. The standard InChI is InChI=1S/C32H46O7/c1-6-7-8-9-25-12-16-28(17-13-25)32(36)39-29-18-14-26(15-19-29)10-11-27(20-37-30(34)22(2)3)21-38-31(35)23(4)24(5)33/h14-15,18-19,24-25,27-28,33H,2,4,6-13,16-17,20-21H2,1,3,5H3. The van der Waals surface area contributed by atoms with Crippen molar-refractivity contribution in [1.29, 1.82) is 0 Å². The van der Waals surface area contributed by atoms with Crippen LogP contribution in [0.5, 0.6) is 5.75 Å². The zero-order valence-electron chi connectivity index (χ0n) is 23.9. The number of hydrogen-bond donors (Lipinski definition) is 1. The number of ether oxygens (including phenoxy) is 3. The maximum atomic E-state index is 12.7. The van der Waals surface area contributed by atoms with Gasteiger partial charge in [0.25, 0.3) is 0 Å². The van der Waals surface area contributed by atoms with Crippen LogP contribution in [0.2, 0.25) is 0 Å². The second kappa shape index (κ2) is 16.9. The Morgan fingerprint density at radius 2 is 1.59 bits per heavy atom. The van der Waals surface area contributed by atoms with Gasteiger partial charge in [-0.25, -0.2) is 9.59 Å². The lowest BCUT2D eigenvalue weighted by Gasteiger charge is -2.27. The zero-order chi connectivity index (χ0) is 28.8. The Morgan fingerprint density at radius 3 is 2.15 bits per heavy atom. The molecule has 216 valence electrons. The molecule has 1 fully saturated rings. The number of benzene rings is 1. The van der Waals surface area contributed by atoms with Gasteiger partial charge in [-0.05, 0) is 76.0 Å². The van der Waals surface area contributed by atoms with Crippen LogP contribution in [0.1, 0.15) is 84.1 Å². The highest BCUT2D eigenvalue weighted by atomic mass is 16.5. The van der Waals surface area contributed by atoms with Crippen molar-refractivity contribution in [3.63, 3.8) is 0 Å². The fourth-order valence-electron chi connectivity index (χ4n) is 4.65. The van der Waals surface area contributed by atoms with Gasteiger partial charge in [-0.3, -0.25) is 4.79 Å². The van der Waals surface area contributed by atoms with Gasteiger partial charge in [-0.2, -0.15) is 0 Å². The molecule has 0 saturated heterocycles. The first kappa shape index (κ1) is 32.3. The van der Waals surface area contributed by atoms with Gasteiger partial charge >= 0.3 is 17.9 Å². The average Bonchev–Trinajstić information content (AvgIpc) is 2.92. The molecule has 39 heavy (non-hydrogen) atoms. The third kappa shape index (κ3) is 11.8. The van der Waals surface area contributed by atoms with Crippen LogP contribution >= 0.6 is 0 Å². The van der Waals surface area contributed by atoms with E-state index in [1.54, 1.807) is 19.1 Å². The number of rotatable bonds is 16. The van der Waals surface area contributed by atoms with Crippen molar-refractivity contribution >= 4 is 17.9 Å². The summed E-state index contributed by atoms with van der Waals surface area (Å²) in [6.45, 7) is 12.4. The summed E-state index contributed by atoms with van der Waals surface area (Å²) in [5.41, 5.74) is 1.27. The van der Waals surface area contributed by atoms with E-state index in [1.807, 2.05) is 12.1 Å². The average molecular weight is 543 g/mol. The van der Waals surface area contributed by atoms with Gasteiger partial charge in [0.2, 0.25) is 0 Å². The van der Waals surface area contributed by atoms with Crippen molar-refractivity contribution in [2.24, 2.45) is 17.8 Å². The third-order valence-corrected chi connectivity index (χ3v) is 7.39. The van der Waals surface area contributed by atoms with Crippen LogP contribution in [0, 0.1) is 17.8 Å². The van der Waals surface area contributed by atoms with Gasteiger partial charge < -0.3 is 19.3 Å². The molecule has 0 aliphatic heterocycles. The van der Waals surface area contributed by atoms with Gasteiger partial charge in [0.1, 0.15) is 5.75 Å². The summed E-state index contributed by atoms with van der Waals surface area (Å²) in [5, 5.41) is 9.53. The summed E-state index contributed by atoms with van der Waals surface area (Å²) in [4.78, 5) is 36.6. The first-order chi connectivity index (χ1) is 18.6. The molecular formula is C32H46O7. The second-order valence-electron chi connectivity index (χ2n) is 10.9. The first-order valence-corrected chi connectivity index (χ1v) is 14.3. The zero-order valence-corrected chi connectivity index (χ0v) is 23.9. The second-order valence-corrected chi connectivity index (χ2v) is 10.9. The summed E-state index contributed by atoms with van der Waals surface area (Å²) in [6.07, 6.45) is 9.31. The van der Waals surface area contributed by atoms with Crippen molar-refractivity contribution in [3.8, 4) is 5.75 Å². The van der Waals surface area contributed by atoms with Crippen LogP contribution in [0.25, 0.3) is 0 Å². The number of carbonyl (C=O) groups excluding carboxylic acids is 3. The molecule has 0 amide bonds. The number of carbonyl (C=O) groups is 3. The normalized spacial score (nSPS) is 18.5. The van der Waals surface area contributed by atoms with Gasteiger partial charge in [-0.1, -0.05) is 57.9 Å². The molecule has 2 rings (SSSR count). The molecule has 2 atom stereocenters. The van der Waals surface area contributed by atoms with Crippen LogP contribution in [-0.2, 0) is 30.3 Å². The summed E-state index contributed by atoms with van der Waals surface area (Å²) < 4.78 is 16.2. The van der Waals surface area contributed by atoms with Crippen molar-refractivity contribution in [1.82, 2.24) is 0 Å². The molecule has 1 saturated carbocycles. The molecule has 0 heterocycles. The molecule has 0 radical (unpaired) electrons. The Hall–Kier alpha value is -2.93. The summed E-state index contributed by atoms with van der Waals surface area (Å²) in [6, 6.07) is 7.41. The van der Waals surface area contributed by atoms with E-state index in [4.69, 9.17) is 14.2 Å². The molecule has 1 aromatic rings. The van der Waals surface area contributed by atoms with Crippen LogP contribution < -0.4 is 4.74 Å². The van der Waals surface area contributed by atoms with E-state index in [9.17, 15) is 19.5 Å². The van der Waals surface area contributed by atoms with E-state index >= 15 is 0 Å². The minimum absolute atomic E-state index is 0.0184. The van der Waals surface area contributed by atoms with Crippen LogP contribution in [-0.4, -0.2) is 42.3 Å². The molecular weight excluding hydrogens is 496 g/mol. The summed E-state index contributed by atoms with van der Waals surface area (Å²) >= 11 is 0. The number of aliphatic hydroxyl groups excluding tert-OH is 1. The Bertz CT molecular complexity index is 955. The Kier molecular flexibility index (Phi) is 14.0. The maximum absolute atomic E-state index is 12.7. The van der Waals surface area contributed by atoms with Crippen LogP contribution in [0.15, 0.2) is 48.6 Å². The maximum Gasteiger partial charge on any atom is 0.336 e. The quantitative estimate of drug-likeness (QED) is 0.116. The number of aliphatic hydroxyl groups is 1. The summed E-state index contributed by atoms with van der Waals surface area (Å²) in [5.74, 6) is -0.334. The topological polar surface area (TPSA) is 99.1 Å². The molecule has 0 aromatic heterocycles. The third-order valence-electron chi connectivity index (χ3n) is 7.39. The number of unbranched alkanes of at least 4 members (excludes halogenated alkanes) is 2. The van der Waals surface area contributed by atoms with Gasteiger partial charge in [0.05, 0.1) is 30.8 Å². The minimum Gasteiger partial charge on any atom is -0.462 e. The van der Waals surface area contributed by atoms with Crippen LogP contribution in [0.3, 0.4) is 0 Å². The lowest BCUT2D eigenvalue weighted by atomic mass is 9.80. The van der Waals surface area contributed by atoms with E-state index in [2.05, 4.69) is 20.1 Å². The molecule has 2 unspecified atom stereocenters. The lowest BCUT2D eigenvalue weighted by Crippen LogP contribution is -2.25. The molecule has 1 aromatic carbocycles. The van der Waals surface area contributed by atoms with Gasteiger partial charge in [0, 0.05) is 11.5 Å². The van der Waals surface area contributed by atoms with Crippen molar-refractivity contribution < 1.29 is 33.7 Å². The fraction of sp³-hybridized carbons (Fsp3) is 0.594. The van der Waals surface area contributed by atoms with E-state index < -0.39 is 18.0 Å². The molecule has 0 bridgehead atoms. The molecule has 1 aliphatic carbocycles. The van der Waals surface area contributed by atoms with Crippen molar-refractivity contribution in [2.45, 2.75) is 91.1 Å². The first-order valence-electron chi connectivity index (χ1n) is 14.3. The largest absolute Gasteiger partial charge is 0.462 e. The van der Waals surface area contributed by atoms with Crippen LogP contribution in [0.4, 0.5) is 0 Å². The highest BCUT2D eigenvalue weighted by molar-refractivity contribution is 5.88. The Labute approximate surface area is 233 Å². The van der Waals surface area contributed by atoms with Crippen molar-refractivity contribution in [3.05, 3.63) is 54.1 Å². The minimum atomic E-state index is -1.00. The SMILES string of the molecule is C=C(C)C(=O)OCC(CCc1ccc(OC(=O)C2CCC(CCCCC)CC2)cc1)COC(=O)C(=C)C(C)O. The van der Waals surface area contributed by atoms with Gasteiger partial charge in [0.15, 0.2) is 0 Å². The molecule has 1 N–H and O–H groups in total. The number of esters is 3. The highest BCUT2D eigenvalue weighted by Crippen LogP contribution is 2.33. The van der Waals surface area contributed by atoms with E-state index in [0.717, 1.165) is 37.2 Å². The molecule has 7 heteroatoms. The molecule has 7 nitrogen and oxygen atoms in total. The van der Waals surface area contributed by atoms with Gasteiger partial charge in [-0.15, -0.1) is 0 Å². The smallest absolute Gasteiger partial charge is 0.336 e. The fourth-order valence-corrected chi connectivity index (χ4v) is 4.65. The monoisotopic (exact) mass is 542 g/mol. The predicted molar refractivity (Wildman–Crippen MR) is 151 cm³/mol. The van der Waals surface area contributed by atoms with Crippen molar-refractivity contribution in [2.75, 3.05) is 13.2 Å². The summed E-state index contributed by atoms with van der Waals surface area (Å²) in [7, 11) is 0. The molecule has 0 spiro atoms. The lowest BCUT2D eigenvalue weighted by molar-refractivity contribution is -0.145. The Morgan fingerprint density at radius 1 is 0.974 bits per heavy atom. The predicted octanol–water partition coefficient (Wildman–Crippen LogP) is 6.13. The highest BCUT2D eigenvalue weighted by Gasteiger charge is 2.27. The number of hydrogen-bond acceptors (Lipinski definition) is 7. The van der Waals surface area contributed by atoms with E-state index in [1.165, 1.54) is 32.6 Å². The van der Waals surface area contributed by atoms with E-state index in [-0.39, 0.29) is 36.6 Å².